The summed E-state index contributed by atoms with van der Waals surface area (Å²) < 4.78 is 27.8. The molecule has 1 aromatic carbocycles. The monoisotopic (exact) mass is 828 g/mol. The second kappa shape index (κ2) is 16.9. The van der Waals surface area contributed by atoms with Crippen LogP contribution in [0, 0.1) is 17.3 Å². The summed E-state index contributed by atoms with van der Waals surface area (Å²) in [4.78, 5) is 56.0. The molecule has 59 heavy (non-hydrogen) atoms. The molecule has 1 unspecified atom stereocenters. The summed E-state index contributed by atoms with van der Waals surface area (Å²) in [7, 11) is 3.87. The average molecular weight is 829 g/mol. The summed E-state index contributed by atoms with van der Waals surface area (Å²) in [6.07, 6.45) is 4.02. The van der Waals surface area contributed by atoms with Crippen LogP contribution in [0.15, 0.2) is 35.8 Å². The zero-order valence-electron chi connectivity index (χ0n) is 35.1. The number of esters is 1. The van der Waals surface area contributed by atoms with Crippen LogP contribution in [0.5, 0.6) is 0 Å². The molecule has 0 radical (unpaired) electrons. The molecule has 4 aliphatic rings. The van der Waals surface area contributed by atoms with E-state index in [4.69, 9.17) is 19.4 Å². The number of rotatable bonds is 8. The Kier molecular flexibility index (Phi) is 11.8. The number of cyclic esters (lactones) is 1. The first-order valence-corrected chi connectivity index (χ1v) is 21.9. The van der Waals surface area contributed by atoms with Crippen LogP contribution in [-0.2, 0) is 43.2 Å². The number of alkyl halides is 1. The largest absolute Gasteiger partial charge is 0.464 e. The molecule has 4 aromatic rings. The zero-order valence-corrected chi connectivity index (χ0v) is 35.9. The van der Waals surface area contributed by atoms with Gasteiger partial charge in [-0.15, -0.1) is 11.3 Å². The lowest BCUT2D eigenvalue weighted by Crippen LogP contribution is -2.60. The molecule has 3 aromatic heterocycles. The van der Waals surface area contributed by atoms with E-state index in [0.29, 0.717) is 43.8 Å². The predicted molar refractivity (Wildman–Crippen MR) is 227 cm³/mol. The van der Waals surface area contributed by atoms with Gasteiger partial charge in [0.25, 0.3) is 5.91 Å². The van der Waals surface area contributed by atoms with Crippen molar-refractivity contribution in [1.29, 1.82) is 0 Å². The molecule has 2 saturated heterocycles. The van der Waals surface area contributed by atoms with Crippen LogP contribution in [0.2, 0.25) is 0 Å². The van der Waals surface area contributed by atoms with Crippen LogP contribution < -0.4 is 15.6 Å². The van der Waals surface area contributed by atoms with E-state index in [1.54, 1.807) is 7.11 Å². The standard InChI is InChI=1S/C44H57FN8O5S/c1-7-52-37-11-10-27-17-31(37)33(40(52)32-19-29(23-46-39(32)26(2)57-6)51-15-13-50(5)14-16-51)21-44(3,4)25-58-43(56)34-9-8-12-53(49-34)42(55)35(20-38-47-36(27)24-59-38)48-41(54)30-18-28(30)22-45/h10-11,17,19,23-24,26,28,30,34-35,49H,7-9,12-16,18,20-22,25H2,1-6H3,(H,48,54)/t26-,28?,30+,34-,35-/m0/s1. The Morgan fingerprint density at radius 2 is 1.97 bits per heavy atom. The highest BCUT2D eigenvalue weighted by atomic mass is 32.1. The molecule has 0 spiro atoms. The summed E-state index contributed by atoms with van der Waals surface area (Å²) in [6, 6.07) is 7.06. The molecule has 8 rings (SSSR count). The van der Waals surface area contributed by atoms with E-state index in [9.17, 15) is 18.8 Å². The highest BCUT2D eigenvalue weighted by Crippen LogP contribution is 2.43. The number of amides is 2. The Balaban J connectivity index is 1.25. The number of carbonyl (C=O) groups excluding carboxylic acids is 3. The SMILES string of the molecule is CCn1c(-c2cc(N3CCN(C)CC3)cnc2[C@H](C)OC)c2c3cc(ccc31)-c1csc(n1)C[C@H](NC(=O)[C@@H]1CC1CF)C(=O)N1CCC[C@H](N1)C(=O)OCC(C)(C)C2. The number of ether oxygens (including phenoxy) is 2. The number of hydrogen-bond donors (Lipinski definition) is 2. The highest BCUT2D eigenvalue weighted by molar-refractivity contribution is 7.10. The van der Waals surface area contributed by atoms with E-state index in [1.807, 2.05) is 18.5 Å². The van der Waals surface area contributed by atoms with E-state index < -0.39 is 36.1 Å². The molecule has 316 valence electrons. The van der Waals surface area contributed by atoms with E-state index in [1.165, 1.54) is 16.3 Å². The number of benzene rings is 1. The van der Waals surface area contributed by atoms with Crippen LogP contribution in [0.1, 0.15) is 69.3 Å². The third kappa shape index (κ3) is 8.48. The lowest BCUT2D eigenvalue weighted by molar-refractivity contribution is -0.155. The van der Waals surface area contributed by atoms with Gasteiger partial charge in [-0.25, -0.2) is 10.4 Å². The fourth-order valence-corrected chi connectivity index (χ4v) is 9.71. The number of thiazole rings is 1. The highest BCUT2D eigenvalue weighted by Gasteiger charge is 2.45. The van der Waals surface area contributed by atoms with Gasteiger partial charge in [-0.2, -0.15) is 0 Å². The molecule has 1 aliphatic carbocycles. The summed E-state index contributed by atoms with van der Waals surface area (Å²) in [5, 5.41) is 8.12. The van der Waals surface area contributed by atoms with Gasteiger partial charge in [-0.3, -0.25) is 28.8 Å². The van der Waals surface area contributed by atoms with Crippen molar-refractivity contribution in [1.82, 2.24) is 35.2 Å². The van der Waals surface area contributed by atoms with Crippen molar-refractivity contribution in [3.8, 4) is 22.5 Å². The molecule has 15 heteroatoms. The number of nitrogens with zero attached hydrogens (tertiary/aromatic N) is 6. The van der Waals surface area contributed by atoms with Gasteiger partial charge in [0.2, 0.25) is 5.91 Å². The van der Waals surface area contributed by atoms with Gasteiger partial charge in [0, 0.05) is 91.5 Å². The topological polar surface area (TPSA) is 134 Å². The van der Waals surface area contributed by atoms with Crippen molar-refractivity contribution in [2.75, 3.05) is 65.1 Å². The van der Waals surface area contributed by atoms with E-state index in [0.717, 1.165) is 76.5 Å². The van der Waals surface area contributed by atoms with Crippen molar-refractivity contribution >= 4 is 45.7 Å². The van der Waals surface area contributed by atoms with Crippen molar-refractivity contribution in [2.45, 2.75) is 84.5 Å². The maximum atomic E-state index is 14.1. The number of hydrogen-bond acceptors (Lipinski definition) is 11. The summed E-state index contributed by atoms with van der Waals surface area (Å²) in [6.45, 7) is 12.9. The Labute approximate surface area is 349 Å². The fraction of sp³-hybridized carbons (Fsp3) is 0.568. The minimum Gasteiger partial charge on any atom is -0.464 e. The molecule has 6 heterocycles. The number of carbonyl (C=O) groups is 3. The molecule has 2 N–H and O–H groups in total. The van der Waals surface area contributed by atoms with Gasteiger partial charge in [0.15, 0.2) is 0 Å². The number of methoxy groups -OCH3 is 1. The van der Waals surface area contributed by atoms with E-state index in [-0.39, 0.29) is 36.9 Å². The predicted octanol–water partition coefficient (Wildman–Crippen LogP) is 5.56. The number of likely N-dealkylation sites (N-methyl/N-ethyl adjacent to an activating group) is 1. The zero-order chi connectivity index (χ0) is 41.6. The Morgan fingerprint density at radius 1 is 1.17 bits per heavy atom. The number of piperazine rings is 1. The minimum atomic E-state index is -0.948. The lowest BCUT2D eigenvalue weighted by atomic mass is 9.84. The number of pyridine rings is 1. The van der Waals surface area contributed by atoms with Crippen molar-refractivity contribution in [2.24, 2.45) is 17.3 Å². The molecule has 3 aliphatic heterocycles. The fourth-order valence-electron chi connectivity index (χ4n) is 8.86. The van der Waals surface area contributed by atoms with Crippen molar-refractivity contribution in [3.63, 3.8) is 0 Å². The Hall–Kier alpha value is -4.44. The van der Waals surface area contributed by atoms with Crippen molar-refractivity contribution in [3.05, 3.63) is 52.1 Å². The summed E-state index contributed by atoms with van der Waals surface area (Å²) in [5.74, 6) is -1.89. The maximum Gasteiger partial charge on any atom is 0.324 e. The van der Waals surface area contributed by atoms with Gasteiger partial charge < -0.3 is 29.2 Å². The van der Waals surface area contributed by atoms with Crippen LogP contribution in [0.4, 0.5) is 10.1 Å². The first-order chi connectivity index (χ1) is 28.4. The molecule has 13 nitrogen and oxygen atoms in total. The van der Waals surface area contributed by atoms with Crippen LogP contribution in [0.25, 0.3) is 33.4 Å². The van der Waals surface area contributed by atoms with Crippen LogP contribution >= 0.6 is 11.3 Å². The second-order valence-corrected chi connectivity index (χ2v) is 18.5. The van der Waals surface area contributed by atoms with Gasteiger partial charge in [0.1, 0.15) is 12.1 Å². The first kappa shape index (κ1) is 41.3. The normalized spacial score (nSPS) is 24.5. The summed E-state index contributed by atoms with van der Waals surface area (Å²) >= 11 is 1.44. The summed E-state index contributed by atoms with van der Waals surface area (Å²) in [5.41, 5.74) is 10.6. The number of hydrazine groups is 1. The third-order valence-corrected chi connectivity index (χ3v) is 13.4. The smallest absolute Gasteiger partial charge is 0.324 e. The third-order valence-electron chi connectivity index (χ3n) is 12.5. The molecule has 5 atom stereocenters. The van der Waals surface area contributed by atoms with Crippen molar-refractivity contribution < 1.29 is 28.2 Å². The van der Waals surface area contributed by atoms with E-state index in [2.05, 4.69) is 77.2 Å². The van der Waals surface area contributed by atoms with Gasteiger partial charge in [-0.1, -0.05) is 19.9 Å². The van der Waals surface area contributed by atoms with Crippen LogP contribution in [0.3, 0.4) is 0 Å². The van der Waals surface area contributed by atoms with Gasteiger partial charge in [0.05, 0.1) is 53.4 Å². The quantitative estimate of drug-likeness (QED) is 0.218. The Morgan fingerprint density at radius 3 is 2.69 bits per heavy atom. The van der Waals surface area contributed by atoms with Crippen LogP contribution in [-0.4, -0.2) is 114 Å². The average Bonchev–Trinajstić information content (AvgIpc) is 3.80. The molecule has 2 amide bonds. The molecule has 3 fully saturated rings. The molecular weight excluding hydrogens is 772 g/mol. The minimum absolute atomic E-state index is 0.155. The van der Waals surface area contributed by atoms with Gasteiger partial charge in [-0.05, 0) is 76.3 Å². The number of anilines is 1. The number of nitrogens with one attached hydrogen (secondary N) is 2. The maximum absolute atomic E-state index is 14.1. The number of fused-ring (bicyclic) bond motifs is 6. The Bertz CT molecular complexity index is 2220. The number of halogens is 1. The number of aryl methyl sites for hydroxylation is 1. The second-order valence-electron chi connectivity index (χ2n) is 17.5. The number of aromatic nitrogens is 3. The lowest BCUT2D eigenvalue weighted by Gasteiger charge is -2.35. The molecule has 6 bridgehead atoms. The first-order valence-electron chi connectivity index (χ1n) is 21.0. The van der Waals surface area contributed by atoms with Gasteiger partial charge >= 0.3 is 5.97 Å². The molecular formula is C44H57FN8O5S. The van der Waals surface area contributed by atoms with E-state index >= 15 is 0 Å². The molecule has 1 saturated carbocycles.